The van der Waals surface area contributed by atoms with Crippen LogP contribution in [0, 0.1) is 18.6 Å². The first-order valence-corrected chi connectivity index (χ1v) is 9.07. The number of para-hydroxylation sites is 1. The molecule has 8 heteroatoms. The van der Waals surface area contributed by atoms with Gasteiger partial charge in [-0.2, -0.15) is 10.1 Å². The first-order chi connectivity index (χ1) is 13.6. The van der Waals surface area contributed by atoms with Crippen LogP contribution in [0.1, 0.15) is 5.56 Å². The van der Waals surface area contributed by atoms with Crippen molar-refractivity contribution in [2.45, 2.75) is 6.92 Å². The lowest BCUT2D eigenvalue weighted by Gasteiger charge is -2.36. The van der Waals surface area contributed by atoms with Crippen molar-refractivity contribution in [1.82, 2.24) is 15.2 Å². The van der Waals surface area contributed by atoms with E-state index >= 15 is 0 Å². The number of hydrogen-bond donors (Lipinski definition) is 1. The first kappa shape index (κ1) is 18.1. The van der Waals surface area contributed by atoms with E-state index in [1.165, 1.54) is 35.6 Å². The van der Waals surface area contributed by atoms with Gasteiger partial charge in [-0.25, -0.2) is 8.78 Å². The molecule has 1 saturated heterocycles. The maximum absolute atomic E-state index is 13.8. The Labute approximate surface area is 161 Å². The average molecular weight is 382 g/mol. The molecule has 0 spiro atoms. The van der Waals surface area contributed by atoms with Crippen molar-refractivity contribution in [3.8, 4) is 0 Å². The summed E-state index contributed by atoms with van der Waals surface area (Å²) in [5, 5.41) is 10.7. The smallest absolute Gasteiger partial charge is 0.247 e. The molecule has 2 heterocycles. The molecule has 0 atom stereocenters. The number of rotatable bonds is 4. The van der Waals surface area contributed by atoms with Crippen molar-refractivity contribution >= 4 is 23.1 Å². The molecule has 144 valence electrons. The molecule has 2 aromatic carbocycles. The van der Waals surface area contributed by atoms with E-state index in [9.17, 15) is 8.78 Å². The lowest BCUT2D eigenvalue weighted by atomic mass is 10.2. The molecule has 1 fully saturated rings. The van der Waals surface area contributed by atoms with Crippen LogP contribution in [0.4, 0.5) is 31.9 Å². The third-order valence-electron chi connectivity index (χ3n) is 4.69. The van der Waals surface area contributed by atoms with Gasteiger partial charge in [0.2, 0.25) is 5.95 Å². The number of halogens is 2. The fourth-order valence-electron chi connectivity index (χ4n) is 3.22. The Balaban J connectivity index is 1.45. The molecule has 1 aliphatic heterocycles. The van der Waals surface area contributed by atoms with Crippen LogP contribution in [0.5, 0.6) is 0 Å². The zero-order valence-electron chi connectivity index (χ0n) is 15.4. The third kappa shape index (κ3) is 3.85. The van der Waals surface area contributed by atoms with Gasteiger partial charge in [0.25, 0.3) is 0 Å². The van der Waals surface area contributed by atoms with Crippen LogP contribution in [0.15, 0.2) is 48.7 Å². The molecule has 0 amide bonds. The van der Waals surface area contributed by atoms with Gasteiger partial charge >= 0.3 is 0 Å². The summed E-state index contributed by atoms with van der Waals surface area (Å²) in [7, 11) is 0. The maximum Gasteiger partial charge on any atom is 0.247 e. The number of benzene rings is 2. The molecule has 6 nitrogen and oxygen atoms in total. The highest BCUT2D eigenvalue weighted by molar-refractivity contribution is 5.58. The van der Waals surface area contributed by atoms with Gasteiger partial charge in [-0.1, -0.05) is 18.2 Å². The second-order valence-corrected chi connectivity index (χ2v) is 6.68. The van der Waals surface area contributed by atoms with E-state index in [4.69, 9.17) is 0 Å². The van der Waals surface area contributed by atoms with Crippen molar-refractivity contribution < 1.29 is 8.78 Å². The summed E-state index contributed by atoms with van der Waals surface area (Å²) in [6.07, 6.45) is 1.35. The van der Waals surface area contributed by atoms with E-state index in [0.717, 1.165) is 26.2 Å². The van der Waals surface area contributed by atoms with E-state index in [0.29, 0.717) is 5.95 Å². The van der Waals surface area contributed by atoms with Gasteiger partial charge in [-0.15, -0.1) is 5.10 Å². The average Bonchev–Trinajstić information content (AvgIpc) is 2.71. The van der Waals surface area contributed by atoms with E-state index in [2.05, 4.69) is 56.6 Å². The molecule has 28 heavy (non-hydrogen) atoms. The van der Waals surface area contributed by atoms with Crippen LogP contribution in [0.2, 0.25) is 0 Å². The van der Waals surface area contributed by atoms with Crippen LogP contribution in [0.3, 0.4) is 0 Å². The highest BCUT2D eigenvalue weighted by Crippen LogP contribution is 2.23. The van der Waals surface area contributed by atoms with Gasteiger partial charge in [0.05, 0.1) is 6.20 Å². The maximum atomic E-state index is 13.8. The van der Waals surface area contributed by atoms with Gasteiger partial charge in [-0.05, 0) is 36.8 Å². The predicted molar refractivity (Wildman–Crippen MR) is 105 cm³/mol. The van der Waals surface area contributed by atoms with E-state index < -0.39 is 11.6 Å². The molecule has 0 bridgehead atoms. The Bertz CT molecular complexity index is 952. The largest absolute Gasteiger partial charge is 0.368 e. The fraction of sp³-hybridized carbons (Fsp3) is 0.250. The van der Waals surface area contributed by atoms with Gasteiger partial charge < -0.3 is 15.1 Å². The molecular formula is C20H20F2N6. The highest BCUT2D eigenvalue weighted by atomic mass is 19.1. The molecular weight excluding hydrogens is 362 g/mol. The van der Waals surface area contributed by atoms with Gasteiger partial charge in [-0.3, -0.25) is 0 Å². The van der Waals surface area contributed by atoms with Gasteiger partial charge in [0, 0.05) is 31.9 Å². The lowest BCUT2D eigenvalue weighted by molar-refractivity contribution is 0.590. The third-order valence-corrected chi connectivity index (χ3v) is 4.69. The molecule has 0 radical (unpaired) electrons. The summed E-state index contributed by atoms with van der Waals surface area (Å²) in [5.74, 6) is -0.695. The van der Waals surface area contributed by atoms with Crippen LogP contribution in [-0.2, 0) is 0 Å². The molecule has 1 aliphatic rings. The normalized spacial score (nSPS) is 14.2. The molecule has 4 rings (SSSR count). The number of piperazine rings is 1. The van der Waals surface area contributed by atoms with Crippen molar-refractivity contribution in [2.75, 3.05) is 41.3 Å². The van der Waals surface area contributed by atoms with Crippen molar-refractivity contribution in [1.29, 1.82) is 0 Å². The number of hydrogen-bond acceptors (Lipinski definition) is 6. The Hall–Kier alpha value is -3.29. The van der Waals surface area contributed by atoms with E-state index in [1.54, 1.807) is 0 Å². The first-order valence-electron chi connectivity index (χ1n) is 9.07. The summed E-state index contributed by atoms with van der Waals surface area (Å²) < 4.78 is 27.7. The zero-order valence-corrected chi connectivity index (χ0v) is 15.4. The topological polar surface area (TPSA) is 57.2 Å². The Morgan fingerprint density at radius 3 is 2.32 bits per heavy atom. The lowest BCUT2D eigenvalue weighted by Crippen LogP contribution is -2.47. The summed E-state index contributed by atoms with van der Waals surface area (Å²) in [6.45, 7) is 5.19. The number of aromatic nitrogens is 3. The molecule has 0 aliphatic carbocycles. The number of anilines is 4. The second-order valence-electron chi connectivity index (χ2n) is 6.68. The Morgan fingerprint density at radius 1 is 0.929 bits per heavy atom. The molecule has 3 aromatic rings. The number of nitrogens with one attached hydrogen (secondary N) is 1. The minimum atomic E-state index is -0.688. The summed E-state index contributed by atoms with van der Waals surface area (Å²) in [5.41, 5.74) is 2.17. The minimum Gasteiger partial charge on any atom is -0.368 e. The van der Waals surface area contributed by atoms with Crippen LogP contribution in [0.25, 0.3) is 0 Å². The summed E-state index contributed by atoms with van der Waals surface area (Å²) >= 11 is 0. The van der Waals surface area contributed by atoms with E-state index in [1.807, 2.05) is 4.90 Å². The number of nitrogens with zero attached hydrogens (tertiary/aromatic N) is 5. The van der Waals surface area contributed by atoms with Crippen LogP contribution >= 0.6 is 0 Å². The minimum absolute atomic E-state index is 0.245. The monoisotopic (exact) mass is 382 g/mol. The highest BCUT2D eigenvalue weighted by Gasteiger charge is 2.20. The molecule has 0 saturated carbocycles. The second kappa shape index (κ2) is 7.75. The molecule has 1 aromatic heterocycles. The van der Waals surface area contributed by atoms with Crippen LogP contribution < -0.4 is 15.1 Å². The molecule has 1 N–H and O–H groups in total. The fourth-order valence-corrected chi connectivity index (χ4v) is 3.22. The Kier molecular flexibility index (Phi) is 5.01. The quantitative estimate of drug-likeness (QED) is 0.745. The summed E-state index contributed by atoms with van der Waals surface area (Å²) in [4.78, 5) is 8.70. The van der Waals surface area contributed by atoms with Gasteiger partial charge in [0.1, 0.15) is 17.3 Å². The van der Waals surface area contributed by atoms with Crippen molar-refractivity contribution in [3.05, 3.63) is 65.9 Å². The van der Waals surface area contributed by atoms with E-state index in [-0.39, 0.29) is 11.5 Å². The predicted octanol–water partition coefficient (Wildman–Crippen LogP) is 3.53. The standard InChI is InChI=1S/C20H20F2N6/c1-14-4-2-5-15(12-14)27-8-10-28(11-9-27)20-25-18(13-23-26-20)24-19-16(21)6-3-7-17(19)22/h2-7,12-13H,8-11H2,1H3,(H,24,25,26). The Morgan fingerprint density at radius 2 is 1.61 bits per heavy atom. The van der Waals surface area contributed by atoms with Crippen LogP contribution in [-0.4, -0.2) is 41.4 Å². The molecule has 0 unspecified atom stereocenters. The zero-order chi connectivity index (χ0) is 19.5. The summed E-state index contributed by atoms with van der Waals surface area (Å²) in [6, 6.07) is 12.1. The number of aryl methyl sites for hydroxylation is 1. The van der Waals surface area contributed by atoms with Crippen molar-refractivity contribution in [3.63, 3.8) is 0 Å². The van der Waals surface area contributed by atoms with Gasteiger partial charge in [0.15, 0.2) is 5.82 Å². The van der Waals surface area contributed by atoms with Crippen molar-refractivity contribution in [2.24, 2.45) is 0 Å². The SMILES string of the molecule is Cc1cccc(N2CCN(c3nncc(Nc4c(F)cccc4F)n3)CC2)c1.